The van der Waals surface area contributed by atoms with Crippen molar-refractivity contribution in [2.75, 3.05) is 22.9 Å². The second-order valence-corrected chi connectivity index (χ2v) is 6.67. The van der Waals surface area contributed by atoms with Gasteiger partial charge in [0.25, 0.3) is 0 Å². The van der Waals surface area contributed by atoms with Crippen molar-refractivity contribution in [3.8, 4) is 0 Å². The van der Waals surface area contributed by atoms with E-state index in [2.05, 4.69) is 27.8 Å². The van der Waals surface area contributed by atoms with Crippen LogP contribution in [-0.4, -0.2) is 28.4 Å². The summed E-state index contributed by atoms with van der Waals surface area (Å²) < 4.78 is 14.1. The van der Waals surface area contributed by atoms with E-state index >= 15 is 0 Å². The number of benzene rings is 1. The maximum atomic E-state index is 13.4. The molecule has 1 heterocycles. The molecule has 0 atom stereocenters. The number of nitrogens with zero attached hydrogens (tertiary/aromatic N) is 2. The van der Waals surface area contributed by atoms with Crippen LogP contribution in [0.5, 0.6) is 0 Å². The number of hydrogen-bond acceptors (Lipinski definition) is 6. The van der Waals surface area contributed by atoms with Gasteiger partial charge in [-0.2, -0.15) is 0 Å². The molecule has 2 aromatic rings. The first-order valence-corrected chi connectivity index (χ1v) is 8.74. The smallest absolute Gasteiger partial charge is 0.234 e. The lowest BCUT2D eigenvalue weighted by Crippen LogP contribution is -2.14. The molecule has 8 heteroatoms. The summed E-state index contributed by atoms with van der Waals surface area (Å²) in [5.74, 6) is -0.553. The molecule has 0 fully saturated rings. The lowest BCUT2D eigenvalue weighted by Gasteiger charge is -2.04. The molecule has 0 aliphatic carbocycles. The number of carbonyl (C=O) groups is 1. The summed E-state index contributed by atoms with van der Waals surface area (Å²) in [6.45, 7) is 2.99. The van der Waals surface area contributed by atoms with Crippen LogP contribution in [-0.2, 0) is 4.79 Å². The van der Waals surface area contributed by atoms with Gasteiger partial charge >= 0.3 is 0 Å². The molecule has 0 spiro atoms. The highest BCUT2D eigenvalue weighted by Crippen LogP contribution is 2.25. The number of para-hydroxylation sites is 1. The molecule has 0 aliphatic heterocycles. The second-order valence-electron chi connectivity index (χ2n) is 4.47. The van der Waals surface area contributed by atoms with Gasteiger partial charge in [0, 0.05) is 6.54 Å². The number of carbonyl (C=O) groups excluding carboxylic acids is 1. The Morgan fingerprint density at radius 1 is 1.36 bits per heavy atom. The van der Waals surface area contributed by atoms with Crippen LogP contribution in [0.15, 0.2) is 28.6 Å². The molecule has 0 radical (unpaired) electrons. The zero-order valence-corrected chi connectivity index (χ0v) is 13.8. The van der Waals surface area contributed by atoms with Crippen LogP contribution in [0.2, 0.25) is 0 Å². The Balaban J connectivity index is 1.78. The van der Waals surface area contributed by atoms with Crippen molar-refractivity contribution in [3.63, 3.8) is 0 Å². The average Bonchev–Trinajstić information content (AvgIpc) is 2.96. The zero-order chi connectivity index (χ0) is 15.8. The van der Waals surface area contributed by atoms with Gasteiger partial charge in [0.05, 0.1) is 11.4 Å². The van der Waals surface area contributed by atoms with Crippen molar-refractivity contribution < 1.29 is 9.18 Å². The SMILES string of the molecule is CCCCNc1nnc(SCC(=O)Nc2ccccc2F)s1. The molecule has 0 saturated carbocycles. The van der Waals surface area contributed by atoms with E-state index in [4.69, 9.17) is 0 Å². The first-order valence-electron chi connectivity index (χ1n) is 6.93. The van der Waals surface area contributed by atoms with Crippen molar-refractivity contribution in [2.24, 2.45) is 0 Å². The number of anilines is 2. The fourth-order valence-electron chi connectivity index (χ4n) is 1.59. The van der Waals surface area contributed by atoms with Gasteiger partial charge < -0.3 is 10.6 Å². The Morgan fingerprint density at radius 2 is 2.18 bits per heavy atom. The lowest BCUT2D eigenvalue weighted by atomic mass is 10.3. The highest BCUT2D eigenvalue weighted by atomic mass is 32.2. The fraction of sp³-hybridized carbons (Fsp3) is 0.357. The maximum absolute atomic E-state index is 13.4. The molecule has 0 aliphatic rings. The Hall–Kier alpha value is -1.67. The summed E-state index contributed by atoms with van der Waals surface area (Å²) in [6, 6.07) is 6.08. The second kappa shape index (κ2) is 8.70. The number of amides is 1. The molecule has 0 unspecified atom stereocenters. The Labute approximate surface area is 136 Å². The third-order valence-electron chi connectivity index (χ3n) is 2.69. The largest absolute Gasteiger partial charge is 0.360 e. The third-order valence-corrected chi connectivity index (χ3v) is 4.70. The molecule has 1 aromatic carbocycles. The average molecular weight is 340 g/mol. The van der Waals surface area contributed by atoms with Crippen molar-refractivity contribution in [2.45, 2.75) is 24.1 Å². The standard InChI is InChI=1S/C14H17FN4OS2/c1-2-3-8-16-13-18-19-14(22-13)21-9-12(20)17-11-7-5-4-6-10(11)15/h4-7H,2-3,8-9H2,1H3,(H,16,18)(H,17,20). The highest BCUT2D eigenvalue weighted by molar-refractivity contribution is 8.01. The lowest BCUT2D eigenvalue weighted by molar-refractivity contribution is -0.113. The van der Waals surface area contributed by atoms with E-state index in [0.29, 0.717) is 4.34 Å². The molecule has 0 bridgehead atoms. The Morgan fingerprint density at radius 3 is 2.95 bits per heavy atom. The summed E-state index contributed by atoms with van der Waals surface area (Å²) >= 11 is 2.69. The van der Waals surface area contributed by atoms with Crippen molar-refractivity contribution in [1.29, 1.82) is 0 Å². The molecule has 5 nitrogen and oxygen atoms in total. The highest BCUT2D eigenvalue weighted by Gasteiger charge is 2.09. The summed E-state index contributed by atoms with van der Waals surface area (Å²) in [5.41, 5.74) is 0.187. The first kappa shape index (κ1) is 16.7. The fourth-order valence-corrected chi connectivity index (χ4v) is 3.17. The molecule has 1 aromatic heterocycles. The number of thioether (sulfide) groups is 1. The van der Waals surface area contributed by atoms with Crippen LogP contribution in [0.25, 0.3) is 0 Å². The first-order chi connectivity index (χ1) is 10.7. The van der Waals surface area contributed by atoms with Gasteiger partial charge in [-0.25, -0.2) is 4.39 Å². The summed E-state index contributed by atoms with van der Waals surface area (Å²) in [6.07, 6.45) is 2.19. The van der Waals surface area contributed by atoms with E-state index in [1.807, 2.05) is 0 Å². The molecular weight excluding hydrogens is 323 g/mol. The monoisotopic (exact) mass is 340 g/mol. The minimum Gasteiger partial charge on any atom is -0.360 e. The minimum absolute atomic E-state index is 0.165. The van der Waals surface area contributed by atoms with Gasteiger partial charge in [0.1, 0.15) is 5.82 Å². The van der Waals surface area contributed by atoms with Crippen LogP contribution in [0.1, 0.15) is 19.8 Å². The molecular formula is C14H17FN4OS2. The summed E-state index contributed by atoms with van der Waals surface area (Å²) in [4.78, 5) is 11.8. The van der Waals surface area contributed by atoms with Gasteiger partial charge in [0.15, 0.2) is 4.34 Å². The van der Waals surface area contributed by atoms with Crippen molar-refractivity contribution in [1.82, 2.24) is 10.2 Å². The van der Waals surface area contributed by atoms with Gasteiger partial charge in [-0.15, -0.1) is 10.2 Å². The van der Waals surface area contributed by atoms with E-state index in [-0.39, 0.29) is 17.3 Å². The van der Waals surface area contributed by atoms with E-state index < -0.39 is 5.82 Å². The molecule has 1 amide bonds. The van der Waals surface area contributed by atoms with Crippen molar-refractivity contribution >= 4 is 39.8 Å². The summed E-state index contributed by atoms with van der Waals surface area (Å²) in [5, 5.41) is 14.5. The quantitative estimate of drug-likeness (QED) is 0.567. The topological polar surface area (TPSA) is 66.9 Å². The number of hydrogen-bond donors (Lipinski definition) is 2. The Bertz CT molecular complexity index is 620. The van der Waals surface area contributed by atoms with Crippen molar-refractivity contribution in [3.05, 3.63) is 30.1 Å². The van der Waals surface area contributed by atoms with Gasteiger partial charge in [0.2, 0.25) is 11.0 Å². The minimum atomic E-state index is -0.445. The van der Waals surface area contributed by atoms with E-state index in [0.717, 1.165) is 24.5 Å². The predicted molar refractivity (Wildman–Crippen MR) is 89.1 cm³/mol. The van der Waals surface area contributed by atoms with Gasteiger partial charge in [-0.05, 0) is 18.6 Å². The summed E-state index contributed by atoms with van der Waals surface area (Å²) in [7, 11) is 0. The number of rotatable bonds is 8. The molecule has 0 saturated heterocycles. The Kier molecular flexibility index (Phi) is 6.60. The van der Waals surface area contributed by atoms with Gasteiger partial charge in [-0.3, -0.25) is 4.79 Å². The van der Waals surface area contributed by atoms with Crippen LogP contribution in [0.3, 0.4) is 0 Å². The maximum Gasteiger partial charge on any atom is 0.234 e. The number of halogens is 1. The van der Waals surface area contributed by atoms with Crippen LogP contribution in [0.4, 0.5) is 15.2 Å². The molecule has 2 N–H and O–H groups in total. The zero-order valence-electron chi connectivity index (χ0n) is 12.1. The number of unbranched alkanes of at least 4 members (excludes halogenated alkanes) is 1. The van der Waals surface area contributed by atoms with Gasteiger partial charge in [-0.1, -0.05) is 48.6 Å². The normalized spacial score (nSPS) is 10.5. The predicted octanol–water partition coefficient (Wildman–Crippen LogP) is 3.62. The number of nitrogens with one attached hydrogen (secondary N) is 2. The van der Waals surface area contributed by atoms with Crippen LogP contribution in [0, 0.1) is 5.82 Å². The molecule has 118 valence electrons. The van der Waals surface area contributed by atoms with Crippen LogP contribution >= 0.6 is 23.1 Å². The molecule has 22 heavy (non-hydrogen) atoms. The van der Waals surface area contributed by atoms with E-state index in [9.17, 15) is 9.18 Å². The van der Waals surface area contributed by atoms with E-state index in [1.165, 1.54) is 35.2 Å². The number of aromatic nitrogens is 2. The third kappa shape index (κ3) is 5.27. The van der Waals surface area contributed by atoms with Crippen LogP contribution < -0.4 is 10.6 Å². The van der Waals surface area contributed by atoms with E-state index in [1.54, 1.807) is 12.1 Å². The molecule has 2 rings (SSSR count).